The molecule has 0 bridgehead atoms. The maximum atomic E-state index is 14.1. The summed E-state index contributed by atoms with van der Waals surface area (Å²) in [6.07, 6.45) is 0. The Kier molecular flexibility index (Phi) is 7.28. The molecule has 38 heavy (non-hydrogen) atoms. The Labute approximate surface area is 222 Å². The highest BCUT2D eigenvalue weighted by atomic mass is 32.2. The SMILES string of the molecule is CCOC(=O)C1=C(c2ccccc2)Nc2nc(SCc3ccccc3F)[nH]c(=O)c2C1c1ccc(O)cc1. The molecule has 0 radical (unpaired) electrons. The number of aromatic nitrogens is 2. The minimum absolute atomic E-state index is 0.0554. The number of H-pyrrole nitrogens is 1. The van der Waals surface area contributed by atoms with Gasteiger partial charge in [-0.2, -0.15) is 0 Å². The summed E-state index contributed by atoms with van der Waals surface area (Å²) in [4.78, 5) is 34.4. The van der Waals surface area contributed by atoms with E-state index < -0.39 is 17.4 Å². The fraction of sp³-hybridized carbons (Fsp3) is 0.138. The number of halogens is 1. The van der Waals surface area contributed by atoms with Crippen molar-refractivity contribution in [1.82, 2.24) is 9.97 Å². The zero-order chi connectivity index (χ0) is 26.6. The van der Waals surface area contributed by atoms with Gasteiger partial charge in [-0.05, 0) is 41.8 Å². The van der Waals surface area contributed by atoms with Gasteiger partial charge in [0.15, 0.2) is 5.16 Å². The Bertz CT molecular complexity index is 1570. The second-order valence-corrected chi connectivity index (χ2v) is 9.50. The first-order chi connectivity index (χ1) is 18.5. The molecule has 7 nitrogen and oxygen atoms in total. The van der Waals surface area contributed by atoms with Gasteiger partial charge in [-0.1, -0.05) is 72.4 Å². The molecule has 4 aromatic rings. The number of esters is 1. The van der Waals surface area contributed by atoms with Crippen molar-refractivity contribution in [2.24, 2.45) is 0 Å². The lowest BCUT2D eigenvalue weighted by Gasteiger charge is -2.30. The average molecular weight is 530 g/mol. The number of carbonyl (C=O) groups excluding carboxylic acids is 1. The van der Waals surface area contributed by atoms with Gasteiger partial charge in [0.25, 0.3) is 5.56 Å². The number of hydrogen-bond acceptors (Lipinski definition) is 7. The molecule has 3 aromatic carbocycles. The van der Waals surface area contributed by atoms with Crippen LogP contribution in [0.2, 0.25) is 0 Å². The third-order valence-electron chi connectivity index (χ3n) is 6.13. The van der Waals surface area contributed by atoms with Crippen LogP contribution in [0.3, 0.4) is 0 Å². The highest BCUT2D eigenvalue weighted by Gasteiger charge is 2.38. The van der Waals surface area contributed by atoms with Crippen LogP contribution >= 0.6 is 11.8 Å². The topological polar surface area (TPSA) is 104 Å². The smallest absolute Gasteiger partial charge is 0.337 e. The van der Waals surface area contributed by atoms with E-state index in [9.17, 15) is 19.1 Å². The maximum absolute atomic E-state index is 14.1. The summed E-state index contributed by atoms with van der Waals surface area (Å²) in [6, 6.07) is 22.0. The number of anilines is 1. The maximum Gasteiger partial charge on any atom is 0.337 e. The van der Waals surface area contributed by atoms with Crippen LogP contribution < -0.4 is 10.9 Å². The van der Waals surface area contributed by atoms with Gasteiger partial charge >= 0.3 is 5.97 Å². The summed E-state index contributed by atoms with van der Waals surface area (Å²) in [5.74, 6) is -1.11. The number of ether oxygens (including phenoxy) is 1. The van der Waals surface area contributed by atoms with Crippen LogP contribution in [0.1, 0.15) is 35.1 Å². The Morgan fingerprint density at radius 2 is 1.76 bits per heavy atom. The number of nitrogens with zero attached hydrogens (tertiary/aromatic N) is 1. The highest BCUT2D eigenvalue weighted by Crippen LogP contribution is 2.43. The van der Waals surface area contributed by atoms with E-state index in [1.165, 1.54) is 30.0 Å². The number of aromatic amines is 1. The number of rotatable bonds is 7. The number of thioether (sulfide) groups is 1. The fourth-order valence-corrected chi connectivity index (χ4v) is 5.24. The Hall–Kier alpha value is -4.37. The number of phenolic OH excluding ortho intramolecular Hbond substituents is 1. The van der Waals surface area contributed by atoms with Crippen LogP contribution in [0.25, 0.3) is 5.70 Å². The quantitative estimate of drug-likeness (QED) is 0.166. The number of benzene rings is 3. The molecule has 0 aliphatic carbocycles. The van der Waals surface area contributed by atoms with Crippen molar-refractivity contribution in [3.8, 4) is 5.75 Å². The second kappa shape index (κ2) is 10.9. The molecule has 0 amide bonds. The van der Waals surface area contributed by atoms with Crippen LogP contribution in [0.15, 0.2) is 94.4 Å². The van der Waals surface area contributed by atoms with Gasteiger partial charge in [0.2, 0.25) is 0 Å². The molecule has 0 fully saturated rings. The van der Waals surface area contributed by atoms with Crippen LogP contribution in [0.5, 0.6) is 5.75 Å². The van der Waals surface area contributed by atoms with Crippen molar-refractivity contribution in [3.05, 3.63) is 123 Å². The largest absolute Gasteiger partial charge is 0.508 e. The molecule has 1 aliphatic rings. The molecule has 1 aromatic heterocycles. The normalized spacial score (nSPS) is 14.5. The summed E-state index contributed by atoms with van der Waals surface area (Å²) in [5.41, 5.74) is 2.35. The second-order valence-electron chi connectivity index (χ2n) is 8.54. The third kappa shape index (κ3) is 5.05. The number of hydrogen-bond donors (Lipinski definition) is 3. The molecule has 1 atom stereocenters. The highest BCUT2D eigenvalue weighted by molar-refractivity contribution is 7.98. The molecule has 0 saturated heterocycles. The summed E-state index contributed by atoms with van der Waals surface area (Å²) >= 11 is 1.20. The number of fused-ring (bicyclic) bond motifs is 1. The molecule has 192 valence electrons. The zero-order valence-electron chi connectivity index (χ0n) is 20.4. The summed E-state index contributed by atoms with van der Waals surface area (Å²) in [5, 5.41) is 13.4. The standard InChI is InChI=1S/C29H24FN3O4S/c1-2-37-28(36)23-22(17-12-14-20(34)15-13-17)24-26(31-25(23)18-8-4-3-5-9-18)32-29(33-27(24)35)38-16-19-10-6-7-11-21(19)30/h3-15,22,34H,2,16H2,1H3,(H2,31,32,33,35). The fourth-order valence-electron chi connectivity index (χ4n) is 4.39. The minimum Gasteiger partial charge on any atom is -0.508 e. The molecule has 9 heteroatoms. The first kappa shape index (κ1) is 25.3. The lowest BCUT2D eigenvalue weighted by molar-refractivity contribution is -0.138. The Morgan fingerprint density at radius 3 is 2.47 bits per heavy atom. The van der Waals surface area contributed by atoms with Crippen molar-refractivity contribution >= 4 is 29.2 Å². The van der Waals surface area contributed by atoms with Crippen molar-refractivity contribution in [1.29, 1.82) is 0 Å². The van der Waals surface area contributed by atoms with E-state index in [1.54, 1.807) is 37.3 Å². The summed E-state index contributed by atoms with van der Waals surface area (Å²) < 4.78 is 19.6. The predicted molar refractivity (Wildman–Crippen MR) is 144 cm³/mol. The molecule has 1 aliphatic heterocycles. The van der Waals surface area contributed by atoms with Crippen molar-refractivity contribution in [2.75, 3.05) is 11.9 Å². The first-order valence-corrected chi connectivity index (χ1v) is 13.0. The van der Waals surface area contributed by atoms with E-state index in [1.807, 2.05) is 30.3 Å². The van der Waals surface area contributed by atoms with E-state index in [2.05, 4.69) is 15.3 Å². The van der Waals surface area contributed by atoms with Gasteiger partial charge in [0.1, 0.15) is 17.4 Å². The zero-order valence-corrected chi connectivity index (χ0v) is 21.2. The minimum atomic E-state index is -0.817. The molecule has 3 N–H and O–H groups in total. The summed E-state index contributed by atoms with van der Waals surface area (Å²) in [6.45, 7) is 1.87. The molecule has 5 rings (SSSR count). The van der Waals surface area contributed by atoms with Crippen LogP contribution in [0.4, 0.5) is 10.2 Å². The molecule has 0 saturated carbocycles. The van der Waals surface area contributed by atoms with E-state index in [-0.39, 0.29) is 40.9 Å². The molecule has 1 unspecified atom stereocenters. The summed E-state index contributed by atoms with van der Waals surface area (Å²) in [7, 11) is 0. The monoisotopic (exact) mass is 529 g/mol. The van der Waals surface area contributed by atoms with E-state index >= 15 is 0 Å². The van der Waals surface area contributed by atoms with Gasteiger partial charge in [0, 0.05) is 5.75 Å². The van der Waals surface area contributed by atoms with Crippen molar-refractivity contribution < 1.29 is 19.0 Å². The van der Waals surface area contributed by atoms with Gasteiger partial charge in [-0.25, -0.2) is 14.2 Å². The Morgan fingerprint density at radius 1 is 1.05 bits per heavy atom. The van der Waals surface area contributed by atoms with Gasteiger partial charge < -0.3 is 20.1 Å². The molecular weight excluding hydrogens is 505 g/mol. The predicted octanol–water partition coefficient (Wildman–Crippen LogP) is 5.44. The van der Waals surface area contributed by atoms with Gasteiger partial charge in [-0.15, -0.1) is 0 Å². The van der Waals surface area contributed by atoms with Gasteiger partial charge in [0.05, 0.1) is 29.4 Å². The Balaban J connectivity index is 1.66. The lowest BCUT2D eigenvalue weighted by Crippen LogP contribution is -2.31. The average Bonchev–Trinajstić information content (AvgIpc) is 2.92. The molecular formula is C29H24FN3O4S. The third-order valence-corrected chi connectivity index (χ3v) is 7.05. The van der Waals surface area contributed by atoms with Crippen LogP contribution in [-0.4, -0.2) is 27.7 Å². The van der Waals surface area contributed by atoms with E-state index in [0.29, 0.717) is 27.5 Å². The van der Waals surface area contributed by atoms with Crippen molar-refractivity contribution in [3.63, 3.8) is 0 Å². The number of nitrogens with one attached hydrogen (secondary N) is 2. The first-order valence-electron chi connectivity index (χ1n) is 12.0. The molecule has 2 heterocycles. The number of aromatic hydroxyl groups is 1. The lowest BCUT2D eigenvalue weighted by atomic mass is 9.81. The number of phenols is 1. The number of carbonyl (C=O) groups is 1. The van der Waals surface area contributed by atoms with E-state index in [0.717, 1.165) is 0 Å². The van der Waals surface area contributed by atoms with Crippen molar-refractivity contribution in [2.45, 2.75) is 23.8 Å². The van der Waals surface area contributed by atoms with Gasteiger partial charge in [-0.3, -0.25) is 4.79 Å². The van der Waals surface area contributed by atoms with Crippen LogP contribution in [0, 0.1) is 5.82 Å². The van der Waals surface area contributed by atoms with Crippen LogP contribution in [-0.2, 0) is 15.3 Å². The van der Waals surface area contributed by atoms with E-state index in [4.69, 9.17) is 4.74 Å². The molecule has 0 spiro atoms.